The average Bonchev–Trinajstić information content (AvgIpc) is 2.35. The number of aromatic carboxylic acids is 1. The molecule has 1 aromatic carbocycles. The van der Waals surface area contributed by atoms with Crippen molar-refractivity contribution in [1.29, 1.82) is 0 Å². The molecule has 1 aliphatic rings. The van der Waals surface area contributed by atoms with E-state index in [1.807, 2.05) is 6.92 Å². The number of ether oxygens (including phenoxy) is 1. The van der Waals surface area contributed by atoms with E-state index in [-0.39, 0.29) is 22.6 Å². The van der Waals surface area contributed by atoms with E-state index in [1.165, 1.54) is 18.2 Å². The first-order valence-corrected chi connectivity index (χ1v) is 7.31. The second-order valence-corrected chi connectivity index (χ2v) is 5.64. The topological polar surface area (TPSA) is 75.6 Å². The summed E-state index contributed by atoms with van der Waals surface area (Å²) >= 11 is 5.84. The Morgan fingerprint density at radius 2 is 2.10 bits per heavy atom. The van der Waals surface area contributed by atoms with Crippen LogP contribution in [0.15, 0.2) is 18.2 Å². The number of carbonyl (C=O) groups excluding carboxylic acids is 1. The Hall–Kier alpha value is -1.59. The minimum Gasteiger partial charge on any atom is -0.478 e. The average molecular weight is 312 g/mol. The minimum atomic E-state index is -1.08. The highest BCUT2D eigenvalue weighted by atomic mass is 35.5. The highest BCUT2D eigenvalue weighted by molar-refractivity contribution is 6.31. The van der Waals surface area contributed by atoms with Crippen molar-refractivity contribution in [1.82, 2.24) is 0 Å². The third-order valence-corrected chi connectivity index (χ3v) is 3.72. The summed E-state index contributed by atoms with van der Waals surface area (Å²) < 4.78 is 5.45. The number of hydrogen-bond acceptors (Lipinski definition) is 3. The molecule has 6 heteroatoms. The van der Waals surface area contributed by atoms with Crippen molar-refractivity contribution >= 4 is 29.2 Å². The first kappa shape index (κ1) is 15.8. The molecular formula is C15H18ClNO4. The van der Waals surface area contributed by atoms with Crippen molar-refractivity contribution in [2.75, 3.05) is 11.9 Å². The van der Waals surface area contributed by atoms with E-state index in [1.54, 1.807) is 0 Å². The van der Waals surface area contributed by atoms with Crippen molar-refractivity contribution in [3.05, 3.63) is 28.8 Å². The van der Waals surface area contributed by atoms with Gasteiger partial charge in [-0.1, -0.05) is 11.6 Å². The predicted octanol–water partition coefficient (Wildman–Crippen LogP) is 3.18. The first-order chi connectivity index (χ1) is 9.97. The van der Waals surface area contributed by atoms with Crippen LogP contribution in [0.2, 0.25) is 5.02 Å². The van der Waals surface area contributed by atoms with Crippen LogP contribution < -0.4 is 5.32 Å². The number of halogens is 1. The smallest absolute Gasteiger partial charge is 0.335 e. The van der Waals surface area contributed by atoms with Gasteiger partial charge in [0.2, 0.25) is 5.91 Å². The Bertz CT molecular complexity index is 540. The van der Waals surface area contributed by atoms with Gasteiger partial charge < -0.3 is 15.2 Å². The minimum absolute atomic E-state index is 0.0536. The summed E-state index contributed by atoms with van der Waals surface area (Å²) in [4.78, 5) is 22.9. The lowest BCUT2D eigenvalue weighted by Gasteiger charge is -2.34. The Labute approximate surface area is 128 Å². The van der Waals surface area contributed by atoms with Gasteiger partial charge in [-0.15, -0.1) is 0 Å². The van der Waals surface area contributed by atoms with E-state index in [2.05, 4.69) is 5.32 Å². The molecule has 0 unspecified atom stereocenters. The van der Waals surface area contributed by atoms with Crippen LogP contribution in [0.25, 0.3) is 0 Å². The van der Waals surface area contributed by atoms with Gasteiger partial charge in [0.25, 0.3) is 0 Å². The van der Waals surface area contributed by atoms with E-state index >= 15 is 0 Å². The molecule has 0 atom stereocenters. The Morgan fingerprint density at radius 3 is 2.71 bits per heavy atom. The molecule has 1 amide bonds. The van der Waals surface area contributed by atoms with Gasteiger partial charge in [-0.3, -0.25) is 4.79 Å². The summed E-state index contributed by atoms with van der Waals surface area (Å²) in [5.74, 6) is -0.875. The Kier molecular flexibility index (Phi) is 5.20. The number of hydrogen-bond donors (Lipinski definition) is 2. The third-order valence-electron chi connectivity index (χ3n) is 3.50. The van der Waals surface area contributed by atoms with Crippen LogP contribution in [0.5, 0.6) is 0 Å². The molecule has 1 aliphatic carbocycles. The van der Waals surface area contributed by atoms with Gasteiger partial charge in [0, 0.05) is 23.7 Å². The van der Waals surface area contributed by atoms with Crippen LogP contribution >= 0.6 is 11.6 Å². The molecule has 0 bridgehead atoms. The molecular weight excluding hydrogens is 294 g/mol. The zero-order valence-corrected chi connectivity index (χ0v) is 12.5. The molecule has 1 fully saturated rings. The SMILES string of the molecule is CCOC1CC(CC(=O)Nc2cc(Cl)cc(C(=O)O)c2)C1. The number of benzene rings is 1. The third kappa shape index (κ3) is 4.44. The van der Waals surface area contributed by atoms with Crippen LogP contribution in [-0.4, -0.2) is 29.7 Å². The number of amides is 1. The fraction of sp³-hybridized carbons (Fsp3) is 0.467. The molecule has 0 aromatic heterocycles. The molecule has 0 aliphatic heterocycles. The number of carboxylic acid groups (broad SMARTS) is 1. The summed E-state index contributed by atoms with van der Waals surface area (Å²) in [6.07, 6.45) is 2.49. The number of anilines is 1. The highest BCUT2D eigenvalue weighted by Gasteiger charge is 2.31. The number of nitrogens with one attached hydrogen (secondary N) is 1. The molecule has 21 heavy (non-hydrogen) atoms. The predicted molar refractivity (Wildman–Crippen MR) is 79.8 cm³/mol. The molecule has 5 nitrogen and oxygen atoms in total. The lowest BCUT2D eigenvalue weighted by molar-refractivity contribution is -0.119. The van der Waals surface area contributed by atoms with Gasteiger partial charge in [0.15, 0.2) is 0 Å². The van der Waals surface area contributed by atoms with Crippen molar-refractivity contribution in [2.45, 2.75) is 32.3 Å². The molecule has 2 N–H and O–H groups in total. The monoisotopic (exact) mass is 311 g/mol. The van der Waals surface area contributed by atoms with Crippen LogP contribution in [-0.2, 0) is 9.53 Å². The summed E-state index contributed by atoms with van der Waals surface area (Å²) in [5.41, 5.74) is 0.462. The fourth-order valence-corrected chi connectivity index (χ4v) is 2.71. The molecule has 1 aromatic rings. The quantitative estimate of drug-likeness (QED) is 0.846. The van der Waals surface area contributed by atoms with Crippen molar-refractivity contribution in [3.8, 4) is 0 Å². The van der Waals surface area contributed by atoms with Gasteiger partial charge in [-0.2, -0.15) is 0 Å². The van der Waals surface area contributed by atoms with E-state index in [9.17, 15) is 9.59 Å². The first-order valence-electron chi connectivity index (χ1n) is 6.93. The molecule has 2 rings (SSSR count). The van der Waals surface area contributed by atoms with Crippen LogP contribution in [0.4, 0.5) is 5.69 Å². The van der Waals surface area contributed by atoms with Crippen molar-refractivity contribution in [2.24, 2.45) is 5.92 Å². The number of carboxylic acids is 1. The lowest BCUT2D eigenvalue weighted by atomic mass is 9.80. The van der Waals surface area contributed by atoms with Crippen molar-refractivity contribution in [3.63, 3.8) is 0 Å². The largest absolute Gasteiger partial charge is 0.478 e. The van der Waals surface area contributed by atoms with E-state index < -0.39 is 5.97 Å². The lowest BCUT2D eigenvalue weighted by Crippen LogP contribution is -2.33. The standard InChI is InChI=1S/C15H18ClNO4/c1-2-21-13-3-9(4-13)5-14(18)17-12-7-10(15(19)20)6-11(16)8-12/h6-9,13H,2-5H2,1H3,(H,17,18)(H,19,20). The second-order valence-electron chi connectivity index (χ2n) is 5.20. The highest BCUT2D eigenvalue weighted by Crippen LogP contribution is 2.33. The van der Waals surface area contributed by atoms with Crippen LogP contribution in [0.1, 0.15) is 36.5 Å². The summed E-state index contributed by atoms with van der Waals surface area (Å²) in [5, 5.41) is 11.9. The second kappa shape index (κ2) is 6.91. The molecule has 0 spiro atoms. The van der Waals surface area contributed by atoms with Gasteiger partial charge in [-0.05, 0) is 43.9 Å². The van der Waals surface area contributed by atoms with E-state index in [4.69, 9.17) is 21.4 Å². The summed E-state index contributed by atoms with van der Waals surface area (Å²) in [6, 6.07) is 4.28. The molecule has 0 radical (unpaired) electrons. The van der Waals surface area contributed by atoms with Gasteiger partial charge in [-0.25, -0.2) is 4.79 Å². The zero-order valence-electron chi connectivity index (χ0n) is 11.8. The number of carbonyl (C=O) groups is 2. The zero-order chi connectivity index (χ0) is 15.4. The maximum absolute atomic E-state index is 11.9. The molecule has 1 saturated carbocycles. The molecule has 0 saturated heterocycles. The summed E-state index contributed by atoms with van der Waals surface area (Å²) in [6.45, 7) is 2.66. The summed E-state index contributed by atoms with van der Waals surface area (Å²) in [7, 11) is 0. The van der Waals surface area contributed by atoms with E-state index in [0.29, 0.717) is 24.6 Å². The van der Waals surface area contributed by atoms with Crippen LogP contribution in [0.3, 0.4) is 0 Å². The van der Waals surface area contributed by atoms with Gasteiger partial charge in [0.05, 0.1) is 11.7 Å². The Morgan fingerprint density at radius 1 is 1.38 bits per heavy atom. The van der Waals surface area contributed by atoms with Crippen molar-refractivity contribution < 1.29 is 19.4 Å². The fourth-order valence-electron chi connectivity index (χ4n) is 2.47. The Balaban J connectivity index is 1.87. The molecule has 114 valence electrons. The number of rotatable bonds is 6. The van der Waals surface area contributed by atoms with Gasteiger partial charge in [0.1, 0.15) is 0 Å². The maximum Gasteiger partial charge on any atom is 0.335 e. The van der Waals surface area contributed by atoms with E-state index in [0.717, 1.165) is 12.8 Å². The van der Waals surface area contributed by atoms with Gasteiger partial charge >= 0.3 is 5.97 Å². The molecule has 0 heterocycles. The maximum atomic E-state index is 11.9. The van der Waals surface area contributed by atoms with Crippen LogP contribution in [0, 0.1) is 5.92 Å². The normalized spacial score (nSPS) is 20.7.